The van der Waals surface area contributed by atoms with Crippen LogP contribution in [-0.2, 0) is 19.6 Å². The first-order valence-corrected chi connectivity index (χ1v) is 10.4. The van der Waals surface area contributed by atoms with Gasteiger partial charge in [0, 0.05) is 27.6 Å². The zero-order valence-corrected chi connectivity index (χ0v) is 16.5. The second kappa shape index (κ2) is 8.85. The maximum absolute atomic E-state index is 12.5. The van der Waals surface area contributed by atoms with E-state index in [0.717, 1.165) is 16.3 Å². The summed E-state index contributed by atoms with van der Waals surface area (Å²) in [6.45, 7) is 0.729. The van der Waals surface area contributed by atoms with E-state index in [1.165, 1.54) is 6.08 Å². The predicted octanol–water partition coefficient (Wildman–Crippen LogP) is 2.79. The Kier molecular flexibility index (Phi) is 6.26. The van der Waals surface area contributed by atoms with Crippen LogP contribution in [0.15, 0.2) is 60.0 Å². The Labute approximate surface area is 168 Å². The molecular formula is C21H20N2O5S. The van der Waals surface area contributed by atoms with Crippen molar-refractivity contribution in [3.05, 3.63) is 76.8 Å². The van der Waals surface area contributed by atoms with Crippen LogP contribution in [0.1, 0.15) is 21.6 Å². The number of para-hydroxylation sites is 1. The number of nitrogens with one attached hydrogen (secondary N) is 2. The van der Waals surface area contributed by atoms with E-state index in [-0.39, 0.29) is 5.78 Å². The van der Waals surface area contributed by atoms with Crippen LogP contribution in [0.2, 0.25) is 0 Å². The first kappa shape index (κ1) is 20.5. The summed E-state index contributed by atoms with van der Waals surface area (Å²) < 4.78 is 31.0. The number of rotatable bonds is 8. The third-order valence-electron chi connectivity index (χ3n) is 4.19. The lowest BCUT2D eigenvalue weighted by atomic mass is 10.1. The molecule has 29 heavy (non-hydrogen) atoms. The van der Waals surface area contributed by atoms with Gasteiger partial charge in [-0.3, -0.25) is 9.59 Å². The number of benzene rings is 2. The molecule has 0 bridgehead atoms. The lowest BCUT2D eigenvalue weighted by Gasteiger charge is -2.05. The molecule has 0 unspecified atom stereocenters. The van der Waals surface area contributed by atoms with Gasteiger partial charge in [0.15, 0.2) is 6.61 Å². The van der Waals surface area contributed by atoms with Gasteiger partial charge in [0.05, 0.1) is 0 Å². The third-order valence-corrected chi connectivity index (χ3v) is 5.23. The lowest BCUT2D eigenvalue weighted by molar-refractivity contribution is -0.141. The van der Waals surface area contributed by atoms with E-state index in [4.69, 9.17) is 4.74 Å². The number of ether oxygens (including phenoxy) is 1. The highest BCUT2D eigenvalue weighted by molar-refractivity contribution is 7.92. The highest BCUT2D eigenvalue weighted by Gasteiger charge is 2.18. The van der Waals surface area contributed by atoms with Crippen molar-refractivity contribution >= 4 is 38.8 Å². The van der Waals surface area contributed by atoms with Gasteiger partial charge in [0.2, 0.25) is 15.8 Å². The topological polar surface area (TPSA) is 105 Å². The molecule has 0 aliphatic rings. The number of hydrogen-bond acceptors (Lipinski definition) is 5. The number of H-pyrrole nitrogens is 1. The minimum atomic E-state index is -3.81. The summed E-state index contributed by atoms with van der Waals surface area (Å²) in [6, 6.07) is 16.2. The molecule has 0 saturated heterocycles. The van der Waals surface area contributed by atoms with Crippen LogP contribution in [0.5, 0.6) is 0 Å². The molecule has 150 valence electrons. The fourth-order valence-corrected chi connectivity index (χ4v) is 3.60. The van der Waals surface area contributed by atoms with Crippen LogP contribution in [0.4, 0.5) is 0 Å². The van der Waals surface area contributed by atoms with Crippen molar-refractivity contribution in [3.63, 3.8) is 0 Å². The Morgan fingerprint density at radius 2 is 1.76 bits per heavy atom. The molecule has 8 heteroatoms. The minimum Gasteiger partial charge on any atom is -0.456 e. The smallest absolute Gasteiger partial charge is 0.321 e. The molecule has 2 aromatic carbocycles. The van der Waals surface area contributed by atoms with Crippen molar-refractivity contribution in [2.45, 2.75) is 6.92 Å². The number of esters is 1. The van der Waals surface area contributed by atoms with Crippen molar-refractivity contribution in [2.75, 3.05) is 13.2 Å². The molecule has 0 saturated carbocycles. The van der Waals surface area contributed by atoms with Gasteiger partial charge in [-0.2, -0.15) is 0 Å². The average Bonchev–Trinajstić information content (AvgIpc) is 3.05. The number of fused-ring (bicyclic) bond motifs is 1. The Morgan fingerprint density at radius 3 is 2.52 bits per heavy atom. The molecule has 1 aromatic heterocycles. The quantitative estimate of drug-likeness (QED) is 0.437. The summed E-state index contributed by atoms with van der Waals surface area (Å²) in [7, 11) is -3.81. The largest absolute Gasteiger partial charge is 0.456 e. The molecule has 3 rings (SSSR count). The van der Waals surface area contributed by atoms with Crippen LogP contribution >= 0.6 is 0 Å². The molecular weight excluding hydrogens is 392 g/mol. The first-order chi connectivity index (χ1) is 13.9. The highest BCUT2D eigenvalue weighted by Crippen LogP contribution is 2.22. The summed E-state index contributed by atoms with van der Waals surface area (Å²) in [5.74, 6) is -1.20. The van der Waals surface area contributed by atoms with Gasteiger partial charge in [0.1, 0.15) is 6.54 Å². The van der Waals surface area contributed by atoms with Gasteiger partial charge in [-0.1, -0.05) is 48.5 Å². The summed E-state index contributed by atoms with van der Waals surface area (Å²) in [4.78, 5) is 27.4. The van der Waals surface area contributed by atoms with E-state index in [2.05, 4.69) is 9.71 Å². The number of ketones is 1. The van der Waals surface area contributed by atoms with E-state index in [1.807, 2.05) is 24.3 Å². The summed E-state index contributed by atoms with van der Waals surface area (Å²) >= 11 is 0. The van der Waals surface area contributed by atoms with Gasteiger partial charge < -0.3 is 9.72 Å². The van der Waals surface area contributed by atoms with Gasteiger partial charge in [-0.25, -0.2) is 13.1 Å². The monoisotopic (exact) mass is 412 g/mol. The second-order valence-corrected chi connectivity index (χ2v) is 7.98. The number of aryl methyl sites for hydroxylation is 1. The Balaban J connectivity index is 1.54. The molecule has 0 aliphatic heterocycles. The van der Waals surface area contributed by atoms with Crippen molar-refractivity contribution in [2.24, 2.45) is 0 Å². The fraction of sp³-hybridized carbons (Fsp3) is 0.143. The maximum atomic E-state index is 12.5. The second-order valence-electron chi connectivity index (χ2n) is 6.33. The number of sulfonamides is 1. The Hall–Kier alpha value is -3.23. The SMILES string of the molecule is Cc1[nH]c2ccccc2c1C(=O)COC(=O)CNS(=O)(=O)C=Cc1ccccc1. The molecule has 0 atom stereocenters. The molecule has 2 N–H and O–H groups in total. The zero-order chi connectivity index (χ0) is 20.9. The van der Waals surface area contributed by atoms with Crippen LogP contribution in [0.25, 0.3) is 17.0 Å². The van der Waals surface area contributed by atoms with Crippen molar-refractivity contribution in [1.82, 2.24) is 9.71 Å². The van der Waals surface area contributed by atoms with E-state index < -0.39 is 29.1 Å². The summed E-state index contributed by atoms with van der Waals surface area (Å²) in [5.41, 5.74) is 2.66. The van der Waals surface area contributed by atoms with Gasteiger partial charge in [-0.05, 0) is 24.6 Å². The minimum absolute atomic E-state index is 0.361. The Bertz CT molecular complexity index is 1160. The highest BCUT2D eigenvalue weighted by atomic mass is 32.2. The molecule has 7 nitrogen and oxygen atoms in total. The van der Waals surface area contributed by atoms with E-state index in [0.29, 0.717) is 16.8 Å². The maximum Gasteiger partial charge on any atom is 0.321 e. The number of aromatic nitrogens is 1. The van der Waals surface area contributed by atoms with Crippen LogP contribution < -0.4 is 4.72 Å². The molecule has 1 heterocycles. The molecule has 0 spiro atoms. The molecule has 0 amide bonds. The van der Waals surface area contributed by atoms with Crippen molar-refractivity contribution < 1.29 is 22.7 Å². The van der Waals surface area contributed by atoms with Crippen LogP contribution in [0, 0.1) is 6.92 Å². The standard InChI is InChI=1S/C21H20N2O5S/c1-15-21(17-9-5-6-10-18(17)23-15)19(24)14-28-20(25)13-22-29(26,27)12-11-16-7-3-2-4-8-16/h2-12,22-23H,13-14H2,1H3. The van der Waals surface area contributed by atoms with Crippen LogP contribution in [0.3, 0.4) is 0 Å². The average molecular weight is 412 g/mol. The zero-order valence-electron chi connectivity index (χ0n) is 15.7. The molecule has 3 aromatic rings. The van der Waals surface area contributed by atoms with E-state index >= 15 is 0 Å². The van der Waals surface area contributed by atoms with Crippen molar-refractivity contribution in [1.29, 1.82) is 0 Å². The number of carbonyl (C=O) groups excluding carboxylic acids is 2. The lowest BCUT2D eigenvalue weighted by Crippen LogP contribution is -2.30. The summed E-state index contributed by atoms with van der Waals surface area (Å²) in [5, 5.41) is 1.72. The number of Topliss-reactive ketones (excluding diaryl/α,β-unsaturated/α-hetero) is 1. The van der Waals surface area contributed by atoms with Gasteiger partial charge >= 0.3 is 5.97 Å². The van der Waals surface area contributed by atoms with E-state index in [1.54, 1.807) is 37.3 Å². The van der Waals surface area contributed by atoms with Crippen molar-refractivity contribution in [3.8, 4) is 0 Å². The molecule has 0 radical (unpaired) electrons. The first-order valence-electron chi connectivity index (χ1n) is 8.84. The predicted molar refractivity (Wildman–Crippen MR) is 111 cm³/mol. The Morgan fingerprint density at radius 1 is 1.07 bits per heavy atom. The molecule has 0 fully saturated rings. The molecule has 0 aliphatic carbocycles. The van der Waals surface area contributed by atoms with Gasteiger partial charge in [0.25, 0.3) is 0 Å². The number of carbonyl (C=O) groups is 2. The van der Waals surface area contributed by atoms with Crippen LogP contribution in [-0.4, -0.2) is 38.3 Å². The normalized spacial score (nSPS) is 11.8. The summed E-state index contributed by atoms with van der Waals surface area (Å²) in [6.07, 6.45) is 1.41. The number of aromatic amines is 1. The number of hydrogen-bond donors (Lipinski definition) is 2. The third kappa shape index (κ3) is 5.40. The fourth-order valence-electron chi connectivity index (χ4n) is 2.85. The van der Waals surface area contributed by atoms with Gasteiger partial charge in [-0.15, -0.1) is 0 Å². The van der Waals surface area contributed by atoms with E-state index in [9.17, 15) is 18.0 Å².